The molecule has 1 saturated heterocycles. The first kappa shape index (κ1) is 33.1. The lowest BCUT2D eigenvalue weighted by atomic mass is 9.94. The molecule has 0 aliphatic carbocycles. The van der Waals surface area contributed by atoms with Crippen molar-refractivity contribution in [1.82, 2.24) is 19.7 Å². The third kappa shape index (κ3) is 6.65. The number of esters is 1. The number of ether oxygens (including phenoxy) is 2. The predicted molar refractivity (Wildman–Crippen MR) is 146 cm³/mol. The summed E-state index contributed by atoms with van der Waals surface area (Å²) in [6.07, 6.45) is -8.44. The molecule has 5 N–H and O–H groups in total. The van der Waals surface area contributed by atoms with Gasteiger partial charge in [0.05, 0.1) is 11.1 Å². The Morgan fingerprint density at radius 1 is 1.27 bits per heavy atom. The maximum absolute atomic E-state index is 13.9. The van der Waals surface area contributed by atoms with E-state index in [2.05, 4.69) is 15.2 Å². The first-order valence-electron chi connectivity index (χ1n) is 13.1. The normalized spacial score (nSPS) is 24.4. The number of aliphatic hydroxyl groups excluding tert-OH is 2. The largest absolute Gasteiger partial charge is 0.464 e. The molecule has 3 aromatic rings. The van der Waals surface area contributed by atoms with Crippen LogP contribution in [0.2, 0.25) is 0 Å². The van der Waals surface area contributed by atoms with E-state index in [0.29, 0.717) is 5.52 Å². The predicted octanol–water partition coefficient (Wildman–Crippen LogP) is 2.68. The van der Waals surface area contributed by atoms with Gasteiger partial charge in [-0.3, -0.25) is 9.32 Å². The molecule has 3 heterocycles. The number of nitrogen functional groups attached to an aromatic ring is 1. The first-order valence-corrected chi connectivity index (χ1v) is 14.6. The van der Waals surface area contributed by atoms with E-state index in [1.54, 1.807) is 12.1 Å². The number of aromatic nitrogens is 3. The second-order valence-corrected chi connectivity index (χ2v) is 12.4. The number of nitriles is 1. The van der Waals surface area contributed by atoms with Gasteiger partial charge < -0.3 is 29.9 Å². The van der Waals surface area contributed by atoms with Crippen molar-refractivity contribution in [3.05, 3.63) is 54.5 Å². The average Bonchev–Trinajstić information content (AvgIpc) is 3.50. The molecule has 0 bridgehead atoms. The van der Waals surface area contributed by atoms with Crippen LogP contribution in [0.25, 0.3) is 5.52 Å². The molecule has 18 heteroatoms. The van der Waals surface area contributed by atoms with Gasteiger partial charge in [-0.2, -0.15) is 28.6 Å². The van der Waals surface area contributed by atoms with Crippen LogP contribution in [0.4, 0.5) is 19.0 Å². The van der Waals surface area contributed by atoms with Gasteiger partial charge in [0.25, 0.3) is 0 Å². The number of carbonyl (C=O) groups is 1. The van der Waals surface area contributed by atoms with Crippen molar-refractivity contribution in [3.63, 3.8) is 0 Å². The van der Waals surface area contributed by atoms with Crippen LogP contribution < -0.4 is 15.3 Å². The number of fused-ring (bicyclic) bond motifs is 1. The number of halogens is 3. The van der Waals surface area contributed by atoms with E-state index in [0.717, 1.165) is 27.1 Å². The quantitative estimate of drug-likeness (QED) is 0.176. The summed E-state index contributed by atoms with van der Waals surface area (Å²) in [4.78, 5) is 16.4. The summed E-state index contributed by atoms with van der Waals surface area (Å²) in [6, 6.07) is 10.8. The van der Waals surface area contributed by atoms with Crippen LogP contribution in [0.5, 0.6) is 5.75 Å². The Bertz CT molecular complexity index is 1580. The monoisotopic (exact) mass is 642 g/mol. The van der Waals surface area contributed by atoms with E-state index in [1.807, 2.05) is 0 Å². The zero-order chi connectivity index (χ0) is 32.5. The van der Waals surface area contributed by atoms with Gasteiger partial charge in [-0.05, 0) is 45.0 Å². The van der Waals surface area contributed by atoms with Crippen LogP contribution in [0.3, 0.4) is 0 Å². The summed E-state index contributed by atoms with van der Waals surface area (Å²) in [5, 5.41) is 38.2. The fourth-order valence-electron chi connectivity index (χ4n) is 4.11. The standard InChI is InChI=1S/C26H30F3N6O8P/c1-15(23(38)40-12-24(2,3)26(27,28)29)34-44(39,43-16-7-5-4-6-8-16)41-13-25(11-30)21(37)19(36)20(42-25)17-9-10-18-22(31)32-14-33-35(17)18/h4-10,14-15,19-21,36-37H,12-13H2,1-3H3,(H,34,39)(H2,31,32,33)/t15-,19-,20-,21-,25+,44-/m0/s1. The fraction of sp³-hybridized carbons (Fsp3) is 0.462. The van der Waals surface area contributed by atoms with Crippen LogP contribution in [0.1, 0.15) is 32.6 Å². The molecular weight excluding hydrogens is 612 g/mol. The van der Waals surface area contributed by atoms with Crippen molar-refractivity contribution in [2.45, 2.75) is 56.9 Å². The second kappa shape index (κ2) is 12.3. The maximum Gasteiger partial charge on any atom is 0.459 e. The SMILES string of the molecule is C[C@H](N[P@](=O)(OC[C@@]1(C#N)O[C@@H](c2ccc3c(N)ncnn23)[C@H](O)[C@@H]1O)Oc1ccccc1)C(=O)OCC(C)(C)C(F)(F)F. The van der Waals surface area contributed by atoms with E-state index < -0.39 is 68.5 Å². The number of hydrogen-bond acceptors (Lipinski definition) is 12. The Hall–Kier alpha value is -3.78. The molecule has 2 aromatic heterocycles. The highest BCUT2D eigenvalue weighted by atomic mass is 31.2. The van der Waals surface area contributed by atoms with Crippen molar-refractivity contribution in [1.29, 1.82) is 5.26 Å². The molecule has 0 spiro atoms. The molecule has 0 radical (unpaired) electrons. The highest BCUT2D eigenvalue weighted by molar-refractivity contribution is 7.52. The lowest BCUT2D eigenvalue weighted by Gasteiger charge is -2.29. The van der Waals surface area contributed by atoms with Gasteiger partial charge in [0.15, 0.2) is 5.82 Å². The summed E-state index contributed by atoms with van der Waals surface area (Å²) in [5.41, 5.74) is 1.75. The molecule has 238 valence electrons. The summed E-state index contributed by atoms with van der Waals surface area (Å²) in [7, 11) is -4.67. The number of nitrogens with zero attached hydrogens (tertiary/aromatic N) is 4. The van der Waals surface area contributed by atoms with Crippen LogP contribution >= 0.6 is 7.75 Å². The molecular formula is C26H30F3N6O8P. The highest BCUT2D eigenvalue weighted by Gasteiger charge is 2.57. The minimum Gasteiger partial charge on any atom is -0.464 e. The molecule has 0 saturated carbocycles. The molecule has 1 aliphatic rings. The number of carbonyl (C=O) groups excluding carboxylic acids is 1. The van der Waals surface area contributed by atoms with E-state index in [9.17, 15) is 38.0 Å². The number of anilines is 1. The van der Waals surface area contributed by atoms with E-state index in [-0.39, 0.29) is 17.3 Å². The average molecular weight is 643 g/mol. The number of aliphatic hydroxyl groups is 2. The first-order chi connectivity index (χ1) is 20.5. The molecule has 1 fully saturated rings. The summed E-state index contributed by atoms with van der Waals surface area (Å²) < 4.78 is 76.4. The lowest BCUT2D eigenvalue weighted by molar-refractivity contribution is -0.226. The fourth-order valence-corrected chi connectivity index (χ4v) is 5.64. The molecule has 44 heavy (non-hydrogen) atoms. The van der Waals surface area contributed by atoms with Crippen molar-refractivity contribution >= 4 is 25.1 Å². The van der Waals surface area contributed by atoms with Crippen LogP contribution in [0.15, 0.2) is 48.8 Å². The van der Waals surface area contributed by atoms with Crippen molar-refractivity contribution < 1.29 is 51.3 Å². The highest BCUT2D eigenvalue weighted by Crippen LogP contribution is 2.48. The summed E-state index contributed by atoms with van der Waals surface area (Å²) in [6.45, 7) is 0.866. The zero-order valence-electron chi connectivity index (χ0n) is 23.6. The van der Waals surface area contributed by atoms with E-state index in [1.165, 1.54) is 40.9 Å². The van der Waals surface area contributed by atoms with Crippen molar-refractivity contribution in [3.8, 4) is 11.8 Å². The van der Waals surface area contributed by atoms with Crippen LogP contribution in [-0.2, 0) is 23.4 Å². The lowest BCUT2D eigenvalue weighted by Crippen LogP contribution is -2.46. The third-order valence-corrected chi connectivity index (χ3v) is 8.53. The maximum atomic E-state index is 13.9. The number of alkyl halides is 3. The number of nitrogens with two attached hydrogens (primary N) is 1. The number of benzene rings is 1. The molecule has 4 rings (SSSR count). The Morgan fingerprint density at radius 3 is 2.59 bits per heavy atom. The van der Waals surface area contributed by atoms with Gasteiger partial charge in [-0.1, -0.05) is 18.2 Å². The van der Waals surface area contributed by atoms with Gasteiger partial charge in [-0.25, -0.2) is 14.1 Å². The Labute approximate surface area is 249 Å². The summed E-state index contributed by atoms with van der Waals surface area (Å²) >= 11 is 0. The Kier molecular flexibility index (Phi) is 9.27. The van der Waals surface area contributed by atoms with Gasteiger partial charge >= 0.3 is 19.9 Å². The van der Waals surface area contributed by atoms with Gasteiger partial charge in [0.2, 0.25) is 5.60 Å². The number of nitrogens with one attached hydrogen (secondary N) is 1. The third-order valence-electron chi connectivity index (χ3n) is 6.91. The van der Waals surface area contributed by atoms with Crippen molar-refractivity contribution in [2.75, 3.05) is 18.9 Å². The number of para-hydroxylation sites is 1. The zero-order valence-corrected chi connectivity index (χ0v) is 24.5. The van der Waals surface area contributed by atoms with Gasteiger partial charge in [0, 0.05) is 0 Å². The second-order valence-electron chi connectivity index (χ2n) is 10.7. The topological polar surface area (TPSA) is 204 Å². The smallest absolute Gasteiger partial charge is 0.459 e. The van der Waals surface area contributed by atoms with Crippen molar-refractivity contribution in [2.24, 2.45) is 5.41 Å². The molecule has 0 amide bonds. The Morgan fingerprint density at radius 2 is 1.95 bits per heavy atom. The molecule has 14 nitrogen and oxygen atoms in total. The van der Waals surface area contributed by atoms with E-state index >= 15 is 0 Å². The van der Waals surface area contributed by atoms with Gasteiger partial charge in [-0.15, -0.1) is 0 Å². The Balaban J connectivity index is 1.55. The minimum absolute atomic E-state index is 0.00385. The molecule has 1 aliphatic heterocycles. The van der Waals surface area contributed by atoms with Gasteiger partial charge in [0.1, 0.15) is 61.2 Å². The minimum atomic E-state index is -4.67. The van der Waals surface area contributed by atoms with Crippen LogP contribution in [0, 0.1) is 16.7 Å². The molecule has 0 unspecified atom stereocenters. The number of hydrogen-bond donors (Lipinski definition) is 4. The molecule has 1 aromatic carbocycles. The number of rotatable bonds is 11. The molecule has 6 atom stereocenters. The van der Waals surface area contributed by atoms with E-state index in [4.69, 9.17) is 24.3 Å². The summed E-state index contributed by atoms with van der Waals surface area (Å²) in [5.74, 6) is -1.09. The van der Waals surface area contributed by atoms with Crippen LogP contribution in [-0.4, -0.2) is 74.0 Å².